The molecule has 3 aliphatic rings. The SMILES string of the molecule is CC12CCC(C3=C1OCCN3)C2(C)C. The first-order valence-electron chi connectivity index (χ1n) is 5.69. The van der Waals surface area contributed by atoms with Crippen molar-refractivity contribution in [1.82, 2.24) is 5.32 Å². The van der Waals surface area contributed by atoms with Crippen molar-refractivity contribution in [3.8, 4) is 0 Å². The van der Waals surface area contributed by atoms with Crippen LogP contribution in [0.25, 0.3) is 0 Å². The van der Waals surface area contributed by atoms with Crippen LogP contribution in [-0.2, 0) is 4.74 Å². The number of rotatable bonds is 0. The zero-order valence-electron chi connectivity index (χ0n) is 9.31. The standard InChI is InChI=1S/C12H19NO/c1-11(2)8-4-5-12(11,3)10-9(8)13-6-7-14-10/h8,13H,4-7H2,1-3H3. The minimum Gasteiger partial charge on any atom is -0.494 e. The normalized spacial score (nSPS) is 43.2. The minimum atomic E-state index is 0.292. The second kappa shape index (κ2) is 2.29. The van der Waals surface area contributed by atoms with E-state index in [2.05, 4.69) is 26.1 Å². The van der Waals surface area contributed by atoms with Crippen LogP contribution in [0.4, 0.5) is 0 Å². The monoisotopic (exact) mass is 193 g/mol. The maximum absolute atomic E-state index is 5.89. The van der Waals surface area contributed by atoms with E-state index in [1.54, 1.807) is 0 Å². The summed E-state index contributed by atoms with van der Waals surface area (Å²) in [6, 6.07) is 0. The average Bonchev–Trinajstić information content (AvgIpc) is 2.49. The lowest BCUT2D eigenvalue weighted by Crippen LogP contribution is -2.32. The fourth-order valence-corrected chi connectivity index (χ4v) is 3.65. The minimum absolute atomic E-state index is 0.292. The summed E-state index contributed by atoms with van der Waals surface area (Å²) in [4.78, 5) is 0. The summed E-state index contributed by atoms with van der Waals surface area (Å²) in [5, 5.41) is 3.55. The molecule has 1 fully saturated rings. The van der Waals surface area contributed by atoms with E-state index in [0.29, 0.717) is 16.7 Å². The van der Waals surface area contributed by atoms with E-state index >= 15 is 0 Å². The highest BCUT2D eigenvalue weighted by Gasteiger charge is 2.62. The molecule has 2 heteroatoms. The highest BCUT2D eigenvalue weighted by molar-refractivity contribution is 5.35. The Balaban J connectivity index is 2.13. The molecule has 0 aromatic rings. The predicted molar refractivity (Wildman–Crippen MR) is 55.6 cm³/mol. The number of nitrogens with one attached hydrogen (secondary N) is 1. The van der Waals surface area contributed by atoms with E-state index in [1.807, 2.05) is 0 Å². The van der Waals surface area contributed by atoms with Crippen molar-refractivity contribution in [2.24, 2.45) is 16.7 Å². The first kappa shape index (κ1) is 8.63. The Bertz CT molecular complexity index is 318. The third kappa shape index (κ3) is 0.709. The van der Waals surface area contributed by atoms with Gasteiger partial charge in [-0.3, -0.25) is 0 Å². The highest BCUT2D eigenvalue weighted by atomic mass is 16.5. The molecule has 1 heterocycles. The van der Waals surface area contributed by atoms with E-state index < -0.39 is 0 Å². The molecule has 78 valence electrons. The van der Waals surface area contributed by atoms with Crippen molar-refractivity contribution >= 4 is 0 Å². The van der Waals surface area contributed by atoms with Gasteiger partial charge in [-0.1, -0.05) is 20.8 Å². The van der Waals surface area contributed by atoms with Gasteiger partial charge in [-0.2, -0.15) is 0 Å². The third-order valence-corrected chi connectivity index (χ3v) is 4.98. The second-order valence-corrected chi connectivity index (χ2v) is 5.66. The predicted octanol–water partition coefficient (Wildman–Crippen LogP) is 2.27. The van der Waals surface area contributed by atoms with Crippen LogP contribution >= 0.6 is 0 Å². The van der Waals surface area contributed by atoms with E-state index in [-0.39, 0.29) is 0 Å². The Hall–Kier alpha value is -0.660. The Morgan fingerprint density at radius 2 is 2.14 bits per heavy atom. The molecule has 2 nitrogen and oxygen atoms in total. The van der Waals surface area contributed by atoms with Crippen molar-refractivity contribution in [3.63, 3.8) is 0 Å². The molecule has 2 bridgehead atoms. The topological polar surface area (TPSA) is 21.3 Å². The maximum atomic E-state index is 5.89. The van der Waals surface area contributed by atoms with Crippen LogP contribution in [0, 0.1) is 16.7 Å². The second-order valence-electron chi connectivity index (χ2n) is 5.66. The Morgan fingerprint density at radius 1 is 1.36 bits per heavy atom. The molecule has 14 heavy (non-hydrogen) atoms. The molecule has 0 saturated heterocycles. The largest absolute Gasteiger partial charge is 0.494 e. The first-order valence-corrected chi connectivity index (χ1v) is 5.69. The van der Waals surface area contributed by atoms with E-state index in [4.69, 9.17) is 4.74 Å². The van der Waals surface area contributed by atoms with Gasteiger partial charge in [0.15, 0.2) is 0 Å². The van der Waals surface area contributed by atoms with Gasteiger partial charge in [-0.15, -0.1) is 0 Å². The summed E-state index contributed by atoms with van der Waals surface area (Å²) < 4.78 is 5.89. The third-order valence-electron chi connectivity index (χ3n) is 4.98. The highest BCUT2D eigenvalue weighted by Crippen LogP contribution is 2.67. The zero-order chi connectivity index (χ0) is 9.97. The molecule has 1 aliphatic heterocycles. The van der Waals surface area contributed by atoms with Gasteiger partial charge in [-0.25, -0.2) is 0 Å². The van der Waals surface area contributed by atoms with Gasteiger partial charge in [0.25, 0.3) is 0 Å². The molecule has 0 radical (unpaired) electrons. The summed E-state index contributed by atoms with van der Waals surface area (Å²) in [7, 11) is 0. The molecule has 3 rings (SSSR count). The summed E-state index contributed by atoms with van der Waals surface area (Å²) >= 11 is 0. The molecule has 0 aromatic heterocycles. The van der Waals surface area contributed by atoms with Gasteiger partial charge in [0, 0.05) is 17.9 Å². The van der Waals surface area contributed by atoms with Gasteiger partial charge in [0.2, 0.25) is 0 Å². The van der Waals surface area contributed by atoms with Gasteiger partial charge < -0.3 is 10.1 Å². The number of hydrogen-bond donors (Lipinski definition) is 1. The smallest absolute Gasteiger partial charge is 0.122 e. The molecule has 2 atom stereocenters. The molecule has 1 N–H and O–H groups in total. The number of allylic oxidation sites excluding steroid dienone is 2. The van der Waals surface area contributed by atoms with E-state index in [0.717, 1.165) is 13.2 Å². The van der Waals surface area contributed by atoms with Gasteiger partial charge in [0.05, 0.1) is 5.70 Å². The Labute approximate surface area is 85.7 Å². The van der Waals surface area contributed by atoms with Gasteiger partial charge >= 0.3 is 0 Å². The lowest BCUT2D eigenvalue weighted by atomic mass is 9.70. The van der Waals surface area contributed by atoms with Gasteiger partial charge in [0.1, 0.15) is 12.4 Å². The fraction of sp³-hybridized carbons (Fsp3) is 0.833. The van der Waals surface area contributed by atoms with E-state index in [1.165, 1.54) is 24.3 Å². The van der Waals surface area contributed by atoms with Gasteiger partial charge in [-0.05, 0) is 18.3 Å². The molecule has 0 spiro atoms. The molecule has 0 aromatic carbocycles. The Kier molecular flexibility index (Phi) is 1.41. The molecule has 1 saturated carbocycles. The number of hydrogen-bond acceptors (Lipinski definition) is 2. The lowest BCUT2D eigenvalue weighted by Gasteiger charge is -2.36. The lowest BCUT2D eigenvalue weighted by molar-refractivity contribution is 0.0784. The summed E-state index contributed by atoms with van der Waals surface area (Å²) in [5.74, 6) is 1.99. The van der Waals surface area contributed by atoms with Crippen LogP contribution in [0.3, 0.4) is 0 Å². The van der Waals surface area contributed by atoms with E-state index in [9.17, 15) is 0 Å². The fourth-order valence-electron chi connectivity index (χ4n) is 3.65. The summed E-state index contributed by atoms with van der Waals surface area (Å²) in [6.07, 6.45) is 2.63. The van der Waals surface area contributed by atoms with Crippen LogP contribution in [-0.4, -0.2) is 13.2 Å². The van der Waals surface area contributed by atoms with Crippen molar-refractivity contribution in [2.45, 2.75) is 33.6 Å². The summed E-state index contributed by atoms with van der Waals surface area (Å²) in [6.45, 7) is 9.00. The van der Waals surface area contributed by atoms with Crippen LogP contribution in [0.5, 0.6) is 0 Å². The van der Waals surface area contributed by atoms with Crippen LogP contribution in [0.1, 0.15) is 33.6 Å². The van der Waals surface area contributed by atoms with Crippen LogP contribution in [0.15, 0.2) is 11.5 Å². The zero-order valence-corrected chi connectivity index (χ0v) is 9.31. The average molecular weight is 193 g/mol. The van der Waals surface area contributed by atoms with Crippen molar-refractivity contribution in [2.75, 3.05) is 13.2 Å². The molecular weight excluding hydrogens is 174 g/mol. The molecular formula is C12H19NO. The quantitative estimate of drug-likeness (QED) is 0.637. The van der Waals surface area contributed by atoms with Crippen LogP contribution < -0.4 is 5.32 Å². The number of ether oxygens (including phenoxy) is 1. The first-order chi connectivity index (χ1) is 6.57. The number of fused-ring (bicyclic) bond motifs is 4. The van der Waals surface area contributed by atoms with Crippen LogP contribution in [0.2, 0.25) is 0 Å². The van der Waals surface area contributed by atoms with Crippen molar-refractivity contribution < 1.29 is 4.74 Å². The molecule has 2 unspecified atom stereocenters. The molecule has 2 aliphatic carbocycles. The van der Waals surface area contributed by atoms with Crippen molar-refractivity contribution in [1.29, 1.82) is 0 Å². The Morgan fingerprint density at radius 3 is 2.86 bits per heavy atom. The molecule has 0 amide bonds. The maximum Gasteiger partial charge on any atom is 0.122 e. The summed E-state index contributed by atoms with van der Waals surface area (Å²) in [5.41, 5.74) is 2.10. The van der Waals surface area contributed by atoms with Crippen molar-refractivity contribution in [3.05, 3.63) is 11.5 Å².